The quantitative estimate of drug-likeness (QED) is 0.768. The van der Waals surface area contributed by atoms with E-state index in [1.54, 1.807) is 7.05 Å². The summed E-state index contributed by atoms with van der Waals surface area (Å²) in [7, 11) is 1.60. The highest BCUT2D eigenvalue weighted by atomic mass is 16.3. The van der Waals surface area contributed by atoms with Crippen molar-refractivity contribution in [2.45, 2.75) is 38.5 Å². The number of likely N-dealkylation sites (N-methyl/N-ethyl adjacent to an activating group) is 1. The summed E-state index contributed by atoms with van der Waals surface area (Å²) < 4.78 is 5.29. The number of nitrogens with one attached hydrogen (secondary N) is 1. The number of carbonyl (C=O) groups excluding carboxylic acids is 2. The molecule has 0 spiro atoms. The molecule has 6 heteroatoms. The number of nitrogens with zero attached hydrogens (tertiary/aromatic N) is 2. The molecule has 1 N–H and O–H groups in total. The molecule has 1 saturated carbocycles. The SMILES string of the molecule is CCCCNC(=O)CN(C)C(=O)c1ncoc1C1CC1. The van der Waals surface area contributed by atoms with E-state index in [0.717, 1.165) is 25.7 Å². The molecule has 1 fully saturated rings. The van der Waals surface area contributed by atoms with Gasteiger partial charge in [-0.15, -0.1) is 0 Å². The van der Waals surface area contributed by atoms with Crippen molar-refractivity contribution in [2.24, 2.45) is 0 Å². The number of rotatable bonds is 7. The van der Waals surface area contributed by atoms with Crippen LogP contribution in [-0.2, 0) is 4.79 Å². The molecular formula is C14H21N3O3. The van der Waals surface area contributed by atoms with Gasteiger partial charge in [0.1, 0.15) is 5.76 Å². The minimum Gasteiger partial charge on any atom is -0.447 e. The summed E-state index contributed by atoms with van der Waals surface area (Å²) in [6.45, 7) is 2.75. The predicted molar refractivity (Wildman–Crippen MR) is 73.4 cm³/mol. The standard InChI is InChI=1S/C14H21N3O3/c1-3-4-7-15-11(18)8-17(2)14(19)12-13(10-5-6-10)20-9-16-12/h9-10H,3-8H2,1-2H3,(H,15,18). The molecule has 2 rings (SSSR count). The van der Waals surface area contributed by atoms with Crippen LogP contribution in [0.25, 0.3) is 0 Å². The van der Waals surface area contributed by atoms with Gasteiger partial charge in [-0.3, -0.25) is 9.59 Å². The van der Waals surface area contributed by atoms with Gasteiger partial charge in [0.05, 0.1) is 6.54 Å². The Morgan fingerprint density at radius 1 is 1.50 bits per heavy atom. The van der Waals surface area contributed by atoms with Crippen LogP contribution in [0.2, 0.25) is 0 Å². The fourth-order valence-corrected chi connectivity index (χ4v) is 1.98. The molecule has 1 aromatic rings. The third-order valence-corrected chi connectivity index (χ3v) is 3.33. The number of amides is 2. The van der Waals surface area contributed by atoms with Gasteiger partial charge in [-0.1, -0.05) is 13.3 Å². The number of unbranched alkanes of at least 4 members (excludes halogenated alkanes) is 1. The van der Waals surface area contributed by atoms with Crippen molar-refractivity contribution in [2.75, 3.05) is 20.1 Å². The Bertz CT molecular complexity index is 480. The van der Waals surface area contributed by atoms with Crippen molar-refractivity contribution in [3.8, 4) is 0 Å². The van der Waals surface area contributed by atoms with Crippen LogP contribution in [0.3, 0.4) is 0 Å². The van der Waals surface area contributed by atoms with E-state index in [1.165, 1.54) is 11.3 Å². The average Bonchev–Trinajstić information content (AvgIpc) is 3.15. The highest BCUT2D eigenvalue weighted by Crippen LogP contribution is 2.41. The summed E-state index contributed by atoms with van der Waals surface area (Å²) in [6.07, 6.45) is 5.35. The van der Waals surface area contributed by atoms with Crippen LogP contribution in [0.5, 0.6) is 0 Å². The van der Waals surface area contributed by atoms with Gasteiger partial charge in [0.25, 0.3) is 5.91 Å². The third-order valence-electron chi connectivity index (χ3n) is 3.33. The van der Waals surface area contributed by atoms with Crippen molar-refractivity contribution in [1.29, 1.82) is 0 Å². The normalized spacial score (nSPS) is 14.1. The molecule has 6 nitrogen and oxygen atoms in total. The molecule has 110 valence electrons. The van der Waals surface area contributed by atoms with E-state index >= 15 is 0 Å². The highest BCUT2D eigenvalue weighted by molar-refractivity contribution is 5.95. The maximum atomic E-state index is 12.2. The zero-order valence-electron chi connectivity index (χ0n) is 12.0. The second kappa shape index (κ2) is 6.54. The molecule has 1 aliphatic carbocycles. The van der Waals surface area contributed by atoms with Gasteiger partial charge in [0, 0.05) is 19.5 Å². The van der Waals surface area contributed by atoms with Crippen LogP contribution >= 0.6 is 0 Å². The monoisotopic (exact) mass is 279 g/mol. The summed E-state index contributed by atoms with van der Waals surface area (Å²) >= 11 is 0. The molecule has 0 aliphatic heterocycles. The first-order valence-corrected chi connectivity index (χ1v) is 7.09. The fraction of sp³-hybridized carbons (Fsp3) is 0.643. The van der Waals surface area contributed by atoms with E-state index in [-0.39, 0.29) is 18.4 Å². The first kappa shape index (κ1) is 14.6. The highest BCUT2D eigenvalue weighted by Gasteiger charge is 2.33. The maximum Gasteiger partial charge on any atom is 0.276 e. The van der Waals surface area contributed by atoms with Gasteiger partial charge in [-0.25, -0.2) is 4.98 Å². The number of aromatic nitrogens is 1. The van der Waals surface area contributed by atoms with Crippen LogP contribution in [0.15, 0.2) is 10.8 Å². The molecule has 0 bridgehead atoms. The van der Waals surface area contributed by atoms with E-state index in [1.807, 2.05) is 0 Å². The number of hydrogen-bond donors (Lipinski definition) is 1. The Labute approximate surface area is 118 Å². The van der Waals surface area contributed by atoms with E-state index in [2.05, 4.69) is 17.2 Å². The van der Waals surface area contributed by atoms with Gasteiger partial charge in [0.15, 0.2) is 12.1 Å². The maximum absolute atomic E-state index is 12.2. The zero-order chi connectivity index (χ0) is 14.5. The summed E-state index contributed by atoms with van der Waals surface area (Å²) in [5.41, 5.74) is 0.344. The van der Waals surface area contributed by atoms with Crippen molar-refractivity contribution in [3.05, 3.63) is 17.8 Å². The molecule has 0 atom stereocenters. The largest absolute Gasteiger partial charge is 0.447 e. The minimum absolute atomic E-state index is 0.0412. The smallest absolute Gasteiger partial charge is 0.276 e. The van der Waals surface area contributed by atoms with Crippen molar-refractivity contribution in [3.63, 3.8) is 0 Å². The van der Waals surface area contributed by atoms with Gasteiger partial charge < -0.3 is 14.6 Å². The zero-order valence-corrected chi connectivity index (χ0v) is 12.0. The second-order valence-corrected chi connectivity index (χ2v) is 5.20. The van der Waals surface area contributed by atoms with Gasteiger partial charge >= 0.3 is 0 Å². The lowest BCUT2D eigenvalue weighted by atomic mass is 10.2. The van der Waals surface area contributed by atoms with E-state index in [0.29, 0.717) is 23.9 Å². The molecule has 20 heavy (non-hydrogen) atoms. The second-order valence-electron chi connectivity index (χ2n) is 5.20. The molecule has 0 unspecified atom stereocenters. The molecule has 1 aromatic heterocycles. The average molecular weight is 279 g/mol. The number of carbonyl (C=O) groups is 2. The topological polar surface area (TPSA) is 75.4 Å². The van der Waals surface area contributed by atoms with Crippen LogP contribution in [0.4, 0.5) is 0 Å². The fourth-order valence-electron chi connectivity index (χ4n) is 1.98. The van der Waals surface area contributed by atoms with Crippen LogP contribution in [0, 0.1) is 0 Å². The van der Waals surface area contributed by atoms with Gasteiger partial charge in [0.2, 0.25) is 5.91 Å². The van der Waals surface area contributed by atoms with Crippen LogP contribution < -0.4 is 5.32 Å². The summed E-state index contributed by atoms with van der Waals surface area (Å²) in [5, 5.41) is 2.79. The molecule has 1 aliphatic rings. The van der Waals surface area contributed by atoms with E-state index < -0.39 is 0 Å². The third kappa shape index (κ3) is 3.59. The van der Waals surface area contributed by atoms with E-state index in [4.69, 9.17) is 4.42 Å². The molecule has 0 aromatic carbocycles. The predicted octanol–water partition coefficient (Wildman–Crippen LogP) is 1.54. The Morgan fingerprint density at radius 3 is 2.90 bits per heavy atom. The molecule has 0 saturated heterocycles. The van der Waals surface area contributed by atoms with Crippen molar-refractivity contribution >= 4 is 11.8 Å². The molecule has 1 heterocycles. The first-order chi connectivity index (χ1) is 9.63. The van der Waals surface area contributed by atoms with Gasteiger partial charge in [-0.05, 0) is 19.3 Å². The summed E-state index contributed by atoms with van der Waals surface area (Å²) in [4.78, 5) is 29.3. The summed E-state index contributed by atoms with van der Waals surface area (Å²) in [5.74, 6) is 0.577. The molecule has 2 amide bonds. The molecular weight excluding hydrogens is 258 g/mol. The first-order valence-electron chi connectivity index (χ1n) is 7.09. The van der Waals surface area contributed by atoms with Gasteiger partial charge in [-0.2, -0.15) is 0 Å². The van der Waals surface area contributed by atoms with Crippen LogP contribution in [-0.4, -0.2) is 41.8 Å². The minimum atomic E-state index is -0.258. The Balaban J connectivity index is 1.88. The van der Waals surface area contributed by atoms with Crippen molar-refractivity contribution in [1.82, 2.24) is 15.2 Å². The van der Waals surface area contributed by atoms with Crippen LogP contribution in [0.1, 0.15) is 54.8 Å². The molecule has 0 radical (unpaired) electrons. The number of oxazole rings is 1. The lowest BCUT2D eigenvalue weighted by Gasteiger charge is -2.16. The van der Waals surface area contributed by atoms with Crippen molar-refractivity contribution < 1.29 is 14.0 Å². The Morgan fingerprint density at radius 2 is 2.25 bits per heavy atom. The number of hydrogen-bond acceptors (Lipinski definition) is 4. The Kier molecular flexibility index (Phi) is 4.76. The lowest BCUT2D eigenvalue weighted by Crippen LogP contribution is -2.39. The lowest BCUT2D eigenvalue weighted by molar-refractivity contribution is -0.121. The Hall–Kier alpha value is -1.85. The van der Waals surface area contributed by atoms with E-state index in [9.17, 15) is 9.59 Å². The summed E-state index contributed by atoms with van der Waals surface area (Å²) in [6, 6.07) is 0.